The van der Waals surface area contributed by atoms with Gasteiger partial charge in [-0.15, -0.1) is 0 Å². The Kier molecular flexibility index (Phi) is 3.62. The largest absolute Gasteiger partial charge is 0.480 e. The minimum atomic E-state index is -1.96. The highest BCUT2D eigenvalue weighted by Crippen LogP contribution is 2.24. The summed E-state index contributed by atoms with van der Waals surface area (Å²) in [7, 11) is -1.96. The van der Waals surface area contributed by atoms with Crippen LogP contribution in [0, 0.1) is 0 Å². The van der Waals surface area contributed by atoms with E-state index in [1.54, 1.807) is 0 Å². The zero-order valence-corrected chi connectivity index (χ0v) is 9.07. The standard InChI is InChI=1S/C7H16N2O3Si/c1-13(2,3)5(6(9)10)4(8)7(11)12/h4-5H,8H2,1-3H3,(H2,9,10)(H,11,12)/t4-,5?/m0/s1. The van der Waals surface area contributed by atoms with Crippen LogP contribution in [0.3, 0.4) is 0 Å². The molecular formula is C7H16N2O3Si. The van der Waals surface area contributed by atoms with Crippen molar-refractivity contribution >= 4 is 20.0 Å². The molecule has 5 N–H and O–H groups in total. The molecule has 0 fully saturated rings. The van der Waals surface area contributed by atoms with Crippen LogP contribution in [0.5, 0.6) is 0 Å². The molecule has 1 amide bonds. The van der Waals surface area contributed by atoms with Gasteiger partial charge in [0.1, 0.15) is 6.04 Å². The Morgan fingerprint density at radius 2 is 1.69 bits per heavy atom. The topological polar surface area (TPSA) is 106 Å². The van der Waals surface area contributed by atoms with Gasteiger partial charge in [-0.25, -0.2) is 0 Å². The molecule has 6 heteroatoms. The van der Waals surface area contributed by atoms with Gasteiger partial charge in [0.15, 0.2) is 0 Å². The van der Waals surface area contributed by atoms with Gasteiger partial charge in [0.2, 0.25) is 5.91 Å². The number of rotatable bonds is 4. The molecule has 76 valence electrons. The van der Waals surface area contributed by atoms with Crippen molar-refractivity contribution in [2.24, 2.45) is 11.5 Å². The smallest absolute Gasteiger partial charge is 0.320 e. The van der Waals surface area contributed by atoms with Crippen molar-refractivity contribution in [3.05, 3.63) is 0 Å². The number of hydrogen-bond donors (Lipinski definition) is 3. The van der Waals surface area contributed by atoms with Crippen molar-refractivity contribution in [1.29, 1.82) is 0 Å². The van der Waals surface area contributed by atoms with Gasteiger partial charge in [-0.2, -0.15) is 0 Å². The molecule has 5 nitrogen and oxygen atoms in total. The number of amides is 1. The predicted octanol–water partition coefficient (Wildman–Crippen LogP) is -0.408. The van der Waals surface area contributed by atoms with E-state index in [0.29, 0.717) is 0 Å². The van der Waals surface area contributed by atoms with E-state index in [1.165, 1.54) is 0 Å². The number of nitrogens with two attached hydrogens (primary N) is 2. The highest BCUT2D eigenvalue weighted by Gasteiger charge is 2.39. The summed E-state index contributed by atoms with van der Waals surface area (Å²) >= 11 is 0. The SMILES string of the molecule is C[Si](C)(C)C(C(N)=O)[C@H](N)C(=O)O. The lowest BCUT2D eigenvalue weighted by Crippen LogP contribution is -2.51. The van der Waals surface area contributed by atoms with Gasteiger partial charge in [-0.1, -0.05) is 19.6 Å². The quantitative estimate of drug-likeness (QED) is 0.541. The molecule has 0 radical (unpaired) electrons. The normalized spacial score (nSPS) is 16.3. The summed E-state index contributed by atoms with van der Waals surface area (Å²) in [5.41, 5.74) is 9.78. The predicted molar refractivity (Wildman–Crippen MR) is 51.9 cm³/mol. The molecule has 0 rings (SSSR count). The minimum absolute atomic E-state index is 0.617. The summed E-state index contributed by atoms with van der Waals surface area (Å²) in [5.74, 6) is -1.79. The summed E-state index contributed by atoms with van der Waals surface area (Å²) in [6.07, 6.45) is 0. The van der Waals surface area contributed by atoms with Crippen molar-refractivity contribution in [3.63, 3.8) is 0 Å². The molecule has 13 heavy (non-hydrogen) atoms. The second kappa shape index (κ2) is 3.88. The van der Waals surface area contributed by atoms with Crippen LogP contribution in [0.2, 0.25) is 25.2 Å². The lowest BCUT2D eigenvalue weighted by atomic mass is 10.2. The zero-order chi connectivity index (χ0) is 10.8. The van der Waals surface area contributed by atoms with Crippen molar-refractivity contribution in [3.8, 4) is 0 Å². The third-order valence-corrected chi connectivity index (χ3v) is 4.39. The molecule has 0 heterocycles. The highest BCUT2D eigenvalue weighted by molar-refractivity contribution is 6.81. The van der Waals surface area contributed by atoms with Gasteiger partial charge in [-0.05, 0) is 0 Å². The summed E-state index contributed by atoms with van der Waals surface area (Å²) in [6.45, 7) is 5.60. The first-order valence-corrected chi connectivity index (χ1v) is 7.53. The molecule has 0 saturated heterocycles. The number of primary amides is 1. The van der Waals surface area contributed by atoms with Crippen LogP contribution in [-0.4, -0.2) is 31.1 Å². The third-order valence-electron chi connectivity index (χ3n) is 1.88. The minimum Gasteiger partial charge on any atom is -0.480 e. The number of hydrogen-bond acceptors (Lipinski definition) is 3. The van der Waals surface area contributed by atoms with Gasteiger partial charge in [0, 0.05) is 0 Å². The van der Waals surface area contributed by atoms with Gasteiger partial charge >= 0.3 is 5.97 Å². The van der Waals surface area contributed by atoms with Gasteiger partial charge in [-0.3, -0.25) is 9.59 Å². The number of carboxylic acids is 1. The molecule has 0 aliphatic carbocycles. The number of aliphatic carboxylic acids is 1. The van der Waals surface area contributed by atoms with E-state index in [-0.39, 0.29) is 0 Å². The molecule has 0 aliphatic heterocycles. The Bertz CT molecular complexity index is 224. The molecule has 0 bridgehead atoms. The molecule has 2 atom stereocenters. The highest BCUT2D eigenvalue weighted by atomic mass is 28.3. The Hall–Kier alpha value is -0.883. The first kappa shape index (κ1) is 12.1. The molecule has 0 spiro atoms. The summed E-state index contributed by atoms with van der Waals surface area (Å²) in [5, 5.41) is 8.65. The van der Waals surface area contributed by atoms with E-state index in [2.05, 4.69) is 0 Å². The summed E-state index contributed by atoms with van der Waals surface area (Å²) < 4.78 is 0. The second-order valence-corrected chi connectivity index (χ2v) is 9.46. The molecule has 0 aromatic heterocycles. The van der Waals surface area contributed by atoms with Gasteiger partial charge in [0.05, 0.1) is 13.6 Å². The molecule has 0 aliphatic rings. The second-order valence-electron chi connectivity index (χ2n) is 4.11. The van der Waals surface area contributed by atoms with Crippen LogP contribution in [0.15, 0.2) is 0 Å². The molecular weight excluding hydrogens is 188 g/mol. The van der Waals surface area contributed by atoms with Crippen molar-refractivity contribution in [2.45, 2.75) is 31.2 Å². The van der Waals surface area contributed by atoms with Crippen LogP contribution < -0.4 is 11.5 Å². The van der Waals surface area contributed by atoms with Crippen LogP contribution in [-0.2, 0) is 9.59 Å². The first-order valence-electron chi connectivity index (χ1n) is 3.95. The van der Waals surface area contributed by atoms with Crippen molar-refractivity contribution < 1.29 is 14.7 Å². The first-order chi connectivity index (χ1) is 5.68. The fourth-order valence-electron chi connectivity index (χ4n) is 1.29. The molecule has 0 aromatic carbocycles. The van der Waals surface area contributed by atoms with Gasteiger partial charge in [0.25, 0.3) is 0 Å². The van der Waals surface area contributed by atoms with Gasteiger partial charge < -0.3 is 16.6 Å². The summed E-state index contributed by atoms with van der Waals surface area (Å²) in [6, 6.07) is -1.18. The van der Waals surface area contributed by atoms with Crippen LogP contribution >= 0.6 is 0 Å². The third kappa shape index (κ3) is 3.15. The average Bonchev–Trinajstić information content (AvgIpc) is 1.82. The zero-order valence-electron chi connectivity index (χ0n) is 8.07. The fraction of sp³-hybridized carbons (Fsp3) is 0.714. The lowest BCUT2D eigenvalue weighted by Gasteiger charge is -2.28. The van der Waals surface area contributed by atoms with Crippen molar-refractivity contribution in [2.75, 3.05) is 0 Å². The summed E-state index contributed by atoms with van der Waals surface area (Å²) in [4.78, 5) is 21.6. The maximum absolute atomic E-state index is 11.0. The van der Waals surface area contributed by atoms with E-state index in [4.69, 9.17) is 16.6 Å². The van der Waals surface area contributed by atoms with Crippen LogP contribution in [0.1, 0.15) is 0 Å². The Balaban J connectivity index is 4.83. The van der Waals surface area contributed by atoms with Crippen LogP contribution in [0.4, 0.5) is 0 Å². The maximum Gasteiger partial charge on any atom is 0.320 e. The number of carbonyl (C=O) groups is 2. The van der Waals surface area contributed by atoms with E-state index in [9.17, 15) is 9.59 Å². The van der Waals surface area contributed by atoms with E-state index >= 15 is 0 Å². The number of carboxylic acid groups (broad SMARTS) is 1. The number of carbonyl (C=O) groups excluding carboxylic acids is 1. The molecule has 0 aromatic rings. The van der Waals surface area contributed by atoms with E-state index in [1.807, 2.05) is 19.6 Å². The Labute approximate surface area is 78.1 Å². The van der Waals surface area contributed by atoms with Crippen molar-refractivity contribution in [1.82, 2.24) is 0 Å². The van der Waals surface area contributed by atoms with E-state index < -0.39 is 31.5 Å². The van der Waals surface area contributed by atoms with E-state index in [0.717, 1.165) is 0 Å². The maximum atomic E-state index is 11.0. The molecule has 1 unspecified atom stereocenters. The monoisotopic (exact) mass is 204 g/mol. The Morgan fingerprint density at radius 1 is 1.31 bits per heavy atom. The van der Waals surface area contributed by atoms with Crippen LogP contribution in [0.25, 0.3) is 0 Å². The average molecular weight is 204 g/mol. The molecule has 0 saturated carbocycles. The fourth-order valence-corrected chi connectivity index (χ4v) is 3.36. The lowest BCUT2D eigenvalue weighted by molar-refractivity contribution is -0.140. The Morgan fingerprint density at radius 3 is 1.77 bits per heavy atom.